The number of rotatable bonds is 5. The molecule has 1 aromatic heterocycles. The Morgan fingerprint density at radius 1 is 1.55 bits per heavy atom. The van der Waals surface area contributed by atoms with E-state index in [4.69, 9.17) is 0 Å². The number of nitrogens with zero attached hydrogens (tertiary/aromatic N) is 2. The van der Waals surface area contributed by atoms with E-state index in [1.54, 1.807) is 18.3 Å². The van der Waals surface area contributed by atoms with E-state index >= 15 is 0 Å². The molecule has 0 radical (unpaired) electrons. The molecule has 0 aliphatic carbocycles. The van der Waals surface area contributed by atoms with Crippen molar-refractivity contribution in [3.63, 3.8) is 0 Å². The molecule has 1 fully saturated rings. The van der Waals surface area contributed by atoms with E-state index < -0.39 is 0 Å². The van der Waals surface area contributed by atoms with Crippen molar-refractivity contribution in [1.29, 1.82) is 0 Å². The van der Waals surface area contributed by atoms with Crippen molar-refractivity contribution in [3.8, 4) is 0 Å². The van der Waals surface area contributed by atoms with Gasteiger partial charge in [0.05, 0.1) is 0 Å². The lowest BCUT2D eigenvalue weighted by Gasteiger charge is -2.29. The maximum Gasteiger partial charge on any atom is 0.251 e. The van der Waals surface area contributed by atoms with Gasteiger partial charge in [-0.05, 0) is 51.4 Å². The van der Waals surface area contributed by atoms with Crippen LogP contribution < -0.4 is 10.6 Å². The third-order valence-electron chi connectivity index (χ3n) is 3.65. The van der Waals surface area contributed by atoms with Crippen LogP contribution in [0, 0.1) is 5.92 Å². The summed E-state index contributed by atoms with van der Waals surface area (Å²) >= 11 is 0. The predicted octanol–water partition coefficient (Wildman–Crippen LogP) is 1.58. The van der Waals surface area contributed by atoms with Crippen LogP contribution >= 0.6 is 0 Å². The summed E-state index contributed by atoms with van der Waals surface area (Å²) in [5.41, 5.74) is 0.667. The summed E-state index contributed by atoms with van der Waals surface area (Å²) in [4.78, 5) is 18.6. The third-order valence-corrected chi connectivity index (χ3v) is 3.65. The van der Waals surface area contributed by atoms with E-state index in [0.717, 1.165) is 25.5 Å². The van der Waals surface area contributed by atoms with Crippen molar-refractivity contribution < 1.29 is 4.79 Å². The number of aromatic nitrogens is 1. The zero-order chi connectivity index (χ0) is 14.4. The van der Waals surface area contributed by atoms with E-state index in [-0.39, 0.29) is 5.91 Å². The van der Waals surface area contributed by atoms with Crippen molar-refractivity contribution in [2.45, 2.75) is 19.8 Å². The Hall–Kier alpha value is -1.62. The maximum absolute atomic E-state index is 12.1. The maximum atomic E-state index is 12.1. The first kappa shape index (κ1) is 14.8. The lowest BCUT2D eigenvalue weighted by Crippen LogP contribution is -2.39. The fourth-order valence-corrected chi connectivity index (χ4v) is 2.63. The second kappa shape index (κ2) is 7.24. The number of carbonyl (C=O) groups excluding carboxylic acids is 1. The summed E-state index contributed by atoms with van der Waals surface area (Å²) in [6.45, 7) is 5.79. The number of piperidine rings is 1. The van der Waals surface area contributed by atoms with Crippen molar-refractivity contribution in [2.24, 2.45) is 5.92 Å². The number of amides is 1. The van der Waals surface area contributed by atoms with Gasteiger partial charge in [0.2, 0.25) is 0 Å². The molecule has 5 heteroatoms. The van der Waals surface area contributed by atoms with Gasteiger partial charge in [-0.2, -0.15) is 0 Å². The summed E-state index contributed by atoms with van der Waals surface area (Å²) in [6, 6.07) is 3.55. The molecular weight excluding hydrogens is 252 g/mol. The van der Waals surface area contributed by atoms with Gasteiger partial charge in [-0.1, -0.05) is 0 Å². The molecule has 0 spiro atoms. The molecule has 1 aromatic rings. The van der Waals surface area contributed by atoms with Crippen molar-refractivity contribution in [3.05, 3.63) is 23.9 Å². The monoisotopic (exact) mass is 276 g/mol. The van der Waals surface area contributed by atoms with Crippen LogP contribution in [0.15, 0.2) is 18.3 Å². The van der Waals surface area contributed by atoms with Crippen molar-refractivity contribution >= 4 is 11.7 Å². The minimum absolute atomic E-state index is 0.0141. The van der Waals surface area contributed by atoms with Crippen LogP contribution in [0.25, 0.3) is 0 Å². The summed E-state index contributed by atoms with van der Waals surface area (Å²) in [5.74, 6) is 1.30. The van der Waals surface area contributed by atoms with Crippen LogP contribution in [0.5, 0.6) is 0 Å². The molecule has 1 aliphatic rings. The SMILES string of the molecule is CCNc1cc(C(=O)NCC2CCCN(C)C2)ccn1. The Morgan fingerprint density at radius 3 is 3.15 bits per heavy atom. The molecule has 0 bridgehead atoms. The van der Waals surface area contributed by atoms with Crippen LogP contribution in [0.4, 0.5) is 5.82 Å². The van der Waals surface area contributed by atoms with Crippen molar-refractivity contribution in [2.75, 3.05) is 38.5 Å². The van der Waals surface area contributed by atoms with Crippen LogP contribution in [-0.2, 0) is 0 Å². The number of pyridine rings is 1. The normalized spacial score (nSPS) is 19.6. The summed E-state index contributed by atoms with van der Waals surface area (Å²) in [6.07, 6.45) is 4.09. The highest BCUT2D eigenvalue weighted by Crippen LogP contribution is 2.14. The van der Waals surface area contributed by atoms with Gasteiger partial charge in [0.1, 0.15) is 5.82 Å². The molecule has 2 heterocycles. The van der Waals surface area contributed by atoms with Gasteiger partial charge in [-0.25, -0.2) is 4.98 Å². The number of likely N-dealkylation sites (tertiary alicyclic amines) is 1. The van der Waals surface area contributed by atoms with Crippen molar-refractivity contribution in [1.82, 2.24) is 15.2 Å². The second-order valence-electron chi connectivity index (χ2n) is 5.44. The van der Waals surface area contributed by atoms with Crippen LogP contribution in [0.1, 0.15) is 30.1 Å². The van der Waals surface area contributed by atoms with Gasteiger partial charge in [-0.15, -0.1) is 0 Å². The standard InChI is InChI=1S/C15H24N4O/c1-3-16-14-9-13(6-7-17-14)15(20)18-10-12-5-4-8-19(2)11-12/h6-7,9,12H,3-5,8,10-11H2,1-2H3,(H,16,17)(H,18,20). The summed E-state index contributed by atoms with van der Waals surface area (Å²) in [5, 5.41) is 6.15. The average molecular weight is 276 g/mol. The van der Waals surface area contributed by atoms with Gasteiger partial charge < -0.3 is 15.5 Å². The second-order valence-corrected chi connectivity index (χ2v) is 5.44. The number of hydrogen-bond donors (Lipinski definition) is 2. The molecular formula is C15H24N4O. The molecule has 110 valence electrons. The summed E-state index contributed by atoms with van der Waals surface area (Å²) in [7, 11) is 2.14. The number of anilines is 1. The minimum atomic E-state index is -0.0141. The first-order chi connectivity index (χ1) is 9.69. The Kier molecular flexibility index (Phi) is 5.35. The number of nitrogens with one attached hydrogen (secondary N) is 2. The lowest BCUT2D eigenvalue weighted by molar-refractivity contribution is 0.0936. The number of hydrogen-bond acceptors (Lipinski definition) is 4. The largest absolute Gasteiger partial charge is 0.370 e. The highest BCUT2D eigenvalue weighted by atomic mass is 16.1. The Labute approximate surface area is 120 Å². The van der Waals surface area contributed by atoms with Crippen LogP contribution in [-0.4, -0.2) is 49.0 Å². The molecule has 20 heavy (non-hydrogen) atoms. The molecule has 0 aromatic carbocycles. The van der Waals surface area contributed by atoms with E-state index in [1.165, 1.54) is 19.4 Å². The van der Waals surface area contributed by atoms with Gasteiger partial charge in [0.25, 0.3) is 5.91 Å². The van der Waals surface area contributed by atoms with Gasteiger partial charge >= 0.3 is 0 Å². The Bertz CT molecular complexity index is 449. The first-order valence-electron chi connectivity index (χ1n) is 7.35. The van der Waals surface area contributed by atoms with Crippen LogP contribution in [0.3, 0.4) is 0 Å². The molecule has 1 saturated heterocycles. The molecule has 1 amide bonds. The van der Waals surface area contributed by atoms with E-state index in [0.29, 0.717) is 11.5 Å². The quantitative estimate of drug-likeness (QED) is 0.857. The van der Waals surface area contributed by atoms with Gasteiger partial charge in [-0.3, -0.25) is 4.79 Å². The predicted molar refractivity (Wildman–Crippen MR) is 81.0 cm³/mol. The van der Waals surface area contributed by atoms with E-state index in [2.05, 4.69) is 27.6 Å². The average Bonchev–Trinajstić information content (AvgIpc) is 2.45. The zero-order valence-electron chi connectivity index (χ0n) is 12.4. The van der Waals surface area contributed by atoms with Gasteiger partial charge in [0, 0.05) is 31.4 Å². The highest BCUT2D eigenvalue weighted by Gasteiger charge is 2.18. The summed E-state index contributed by atoms with van der Waals surface area (Å²) < 4.78 is 0. The fourth-order valence-electron chi connectivity index (χ4n) is 2.63. The van der Waals surface area contributed by atoms with E-state index in [9.17, 15) is 4.79 Å². The Morgan fingerprint density at radius 2 is 2.40 bits per heavy atom. The highest BCUT2D eigenvalue weighted by molar-refractivity contribution is 5.94. The fraction of sp³-hybridized carbons (Fsp3) is 0.600. The molecule has 2 rings (SSSR count). The van der Waals surface area contributed by atoms with Gasteiger partial charge in [0.15, 0.2) is 0 Å². The topological polar surface area (TPSA) is 57.3 Å². The molecule has 1 unspecified atom stereocenters. The molecule has 0 saturated carbocycles. The molecule has 1 atom stereocenters. The first-order valence-corrected chi connectivity index (χ1v) is 7.35. The number of carbonyl (C=O) groups is 1. The zero-order valence-corrected chi connectivity index (χ0v) is 12.4. The third kappa shape index (κ3) is 4.20. The molecule has 5 nitrogen and oxygen atoms in total. The smallest absolute Gasteiger partial charge is 0.251 e. The van der Waals surface area contributed by atoms with E-state index in [1.807, 2.05) is 6.92 Å². The minimum Gasteiger partial charge on any atom is -0.370 e. The lowest BCUT2D eigenvalue weighted by atomic mass is 9.98. The van der Waals surface area contributed by atoms with Crippen LogP contribution in [0.2, 0.25) is 0 Å². The molecule has 1 aliphatic heterocycles. The molecule has 2 N–H and O–H groups in total. The Balaban J connectivity index is 1.86.